The Bertz CT molecular complexity index is 196. The highest BCUT2D eigenvalue weighted by molar-refractivity contribution is 7.99. The Morgan fingerprint density at radius 2 is 2.06 bits per heavy atom. The molecule has 0 aromatic rings. The van der Waals surface area contributed by atoms with Crippen LogP contribution in [0.3, 0.4) is 0 Å². The first kappa shape index (κ1) is 13.8. The van der Waals surface area contributed by atoms with Gasteiger partial charge in [0.2, 0.25) is 5.91 Å². The molecule has 1 aliphatic heterocycles. The van der Waals surface area contributed by atoms with Gasteiger partial charge in [-0.3, -0.25) is 4.79 Å². The topological polar surface area (TPSA) is 44.4 Å². The Balaban J connectivity index is 1.89. The van der Waals surface area contributed by atoms with Crippen LogP contribution in [0.5, 0.6) is 0 Å². The number of carbonyl (C=O) groups excluding carboxylic acids is 1. The molecule has 2 N–H and O–H groups in total. The molecule has 0 radical (unpaired) electrons. The molecule has 94 valence electrons. The maximum Gasteiger partial charge on any atom is 0.221 e. The summed E-state index contributed by atoms with van der Waals surface area (Å²) in [6.45, 7) is 7.98. The Morgan fingerprint density at radius 3 is 2.75 bits per heavy atom. The van der Waals surface area contributed by atoms with Crippen LogP contribution >= 0.6 is 11.8 Å². The first-order valence-electron chi connectivity index (χ1n) is 6.10. The van der Waals surface area contributed by atoms with Crippen molar-refractivity contribution >= 4 is 17.7 Å². The van der Waals surface area contributed by atoms with Gasteiger partial charge in [-0.15, -0.1) is 0 Å². The summed E-state index contributed by atoms with van der Waals surface area (Å²) in [4.78, 5) is 13.6. The van der Waals surface area contributed by atoms with Crippen molar-refractivity contribution in [2.75, 3.05) is 50.8 Å². The second kappa shape index (κ2) is 8.84. The molecule has 1 saturated heterocycles. The monoisotopic (exact) mass is 245 g/mol. The zero-order valence-corrected chi connectivity index (χ0v) is 10.9. The van der Waals surface area contributed by atoms with Gasteiger partial charge in [-0.1, -0.05) is 0 Å². The number of nitrogens with zero attached hydrogens (tertiary/aromatic N) is 1. The van der Waals surface area contributed by atoms with Gasteiger partial charge < -0.3 is 15.5 Å². The SMILES string of the molecule is CCNC(=O)CCNCCN1CCSCC1. The van der Waals surface area contributed by atoms with Crippen LogP contribution in [0.15, 0.2) is 0 Å². The molecule has 1 amide bonds. The standard InChI is InChI=1S/C11H23N3OS/c1-2-13-11(15)3-4-12-5-6-14-7-9-16-10-8-14/h12H,2-10H2,1H3,(H,13,15). The summed E-state index contributed by atoms with van der Waals surface area (Å²) in [5.74, 6) is 2.67. The number of rotatable bonds is 7. The van der Waals surface area contributed by atoms with Gasteiger partial charge in [-0.05, 0) is 6.92 Å². The van der Waals surface area contributed by atoms with Crippen LogP contribution in [0.2, 0.25) is 0 Å². The fraction of sp³-hybridized carbons (Fsp3) is 0.909. The molecule has 0 spiro atoms. The predicted octanol–water partition coefficient (Wildman–Crippen LogP) is 0.151. The van der Waals surface area contributed by atoms with Crippen LogP contribution < -0.4 is 10.6 Å². The molecule has 16 heavy (non-hydrogen) atoms. The summed E-state index contributed by atoms with van der Waals surface area (Å²) in [6, 6.07) is 0. The number of nitrogens with one attached hydrogen (secondary N) is 2. The van der Waals surface area contributed by atoms with Crippen LogP contribution in [0.1, 0.15) is 13.3 Å². The van der Waals surface area contributed by atoms with E-state index in [1.165, 1.54) is 24.6 Å². The molecule has 1 fully saturated rings. The highest BCUT2D eigenvalue weighted by atomic mass is 32.2. The summed E-state index contributed by atoms with van der Waals surface area (Å²) in [7, 11) is 0. The smallest absolute Gasteiger partial charge is 0.221 e. The Labute approximate surface area is 103 Å². The van der Waals surface area contributed by atoms with E-state index in [2.05, 4.69) is 15.5 Å². The van der Waals surface area contributed by atoms with Crippen molar-refractivity contribution in [1.29, 1.82) is 0 Å². The molecule has 0 aromatic carbocycles. The largest absolute Gasteiger partial charge is 0.356 e. The maximum absolute atomic E-state index is 11.1. The lowest BCUT2D eigenvalue weighted by molar-refractivity contribution is -0.120. The van der Waals surface area contributed by atoms with E-state index in [0.29, 0.717) is 6.42 Å². The lowest BCUT2D eigenvalue weighted by Gasteiger charge is -2.26. The van der Waals surface area contributed by atoms with Gasteiger partial charge in [0.05, 0.1) is 0 Å². The minimum Gasteiger partial charge on any atom is -0.356 e. The van der Waals surface area contributed by atoms with Crippen molar-refractivity contribution < 1.29 is 4.79 Å². The number of carbonyl (C=O) groups is 1. The fourth-order valence-corrected chi connectivity index (χ4v) is 2.65. The van der Waals surface area contributed by atoms with Crippen LogP contribution in [0.4, 0.5) is 0 Å². The van der Waals surface area contributed by atoms with Crippen molar-refractivity contribution in [3.63, 3.8) is 0 Å². The molecule has 1 heterocycles. The van der Waals surface area contributed by atoms with Gasteiger partial charge in [0.25, 0.3) is 0 Å². The molecule has 0 bridgehead atoms. The lowest BCUT2D eigenvalue weighted by Crippen LogP contribution is -2.38. The van der Waals surface area contributed by atoms with Crippen molar-refractivity contribution in [3.05, 3.63) is 0 Å². The van der Waals surface area contributed by atoms with Gasteiger partial charge in [-0.25, -0.2) is 0 Å². The molecular formula is C11H23N3OS. The Morgan fingerprint density at radius 1 is 1.31 bits per heavy atom. The van der Waals surface area contributed by atoms with Gasteiger partial charge in [0.1, 0.15) is 0 Å². The van der Waals surface area contributed by atoms with E-state index >= 15 is 0 Å². The molecule has 1 aliphatic rings. The van der Waals surface area contributed by atoms with Crippen molar-refractivity contribution in [2.45, 2.75) is 13.3 Å². The summed E-state index contributed by atoms with van der Waals surface area (Å²) < 4.78 is 0. The van der Waals surface area contributed by atoms with Gasteiger partial charge in [0.15, 0.2) is 0 Å². The van der Waals surface area contributed by atoms with E-state index in [1.807, 2.05) is 18.7 Å². The molecule has 4 nitrogen and oxygen atoms in total. The zero-order valence-electron chi connectivity index (χ0n) is 10.1. The van der Waals surface area contributed by atoms with Gasteiger partial charge in [0, 0.05) is 57.2 Å². The molecule has 0 saturated carbocycles. The average molecular weight is 245 g/mol. The molecule has 0 unspecified atom stereocenters. The Kier molecular flexibility index (Phi) is 7.63. The minimum absolute atomic E-state index is 0.143. The van der Waals surface area contributed by atoms with Crippen molar-refractivity contribution in [3.8, 4) is 0 Å². The van der Waals surface area contributed by atoms with Gasteiger partial charge >= 0.3 is 0 Å². The van der Waals surface area contributed by atoms with Crippen LogP contribution in [0.25, 0.3) is 0 Å². The highest BCUT2D eigenvalue weighted by Gasteiger charge is 2.08. The summed E-state index contributed by atoms with van der Waals surface area (Å²) in [6.07, 6.45) is 0.587. The quantitative estimate of drug-likeness (QED) is 0.627. The van der Waals surface area contributed by atoms with Gasteiger partial charge in [-0.2, -0.15) is 11.8 Å². The normalized spacial score (nSPS) is 17.3. The number of thioether (sulfide) groups is 1. The third kappa shape index (κ3) is 6.35. The second-order valence-electron chi connectivity index (χ2n) is 3.91. The average Bonchev–Trinajstić information content (AvgIpc) is 2.30. The van der Waals surface area contributed by atoms with Crippen molar-refractivity contribution in [1.82, 2.24) is 15.5 Å². The minimum atomic E-state index is 0.143. The van der Waals surface area contributed by atoms with Crippen molar-refractivity contribution in [2.24, 2.45) is 0 Å². The van der Waals surface area contributed by atoms with Crippen LogP contribution in [-0.4, -0.2) is 61.6 Å². The molecule has 1 rings (SSSR count). The summed E-state index contributed by atoms with van der Waals surface area (Å²) in [5, 5.41) is 6.11. The third-order valence-electron chi connectivity index (χ3n) is 2.61. The second-order valence-corrected chi connectivity index (χ2v) is 5.13. The molecular weight excluding hydrogens is 222 g/mol. The maximum atomic E-state index is 11.1. The van der Waals surface area contributed by atoms with E-state index in [0.717, 1.165) is 26.2 Å². The summed E-state index contributed by atoms with van der Waals surface area (Å²) >= 11 is 2.04. The first-order valence-corrected chi connectivity index (χ1v) is 7.26. The summed E-state index contributed by atoms with van der Waals surface area (Å²) in [5.41, 5.74) is 0. The number of hydrogen-bond donors (Lipinski definition) is 2. The van der Waals surface area contributed by atoms with E-state index in [-0.39, 0.29) is 5.91 Å². The molecule has 0 aromatic heterocycles. The molecule has 5 heteroatoms. The highest BCUT2D eigenvalue weighted by Crippen LogP contribution is 2.07. The van der Waals surface area contributed by atoms with E-state index in [1.54, 1.807) is 0 Å². The number of hydrogen-bond acceptors (Lipinski definition) is 4. The molecule has 0 atom stereocenters. The van der Waals surface area contributed by atoms with E-state index in [4.69, 9.17) is 0 Å². The third-order valence-corrected chi connectivity index (χ3v) is 3.55. The zero-order chi connectivity index (χ0) is 11.6. The lowest BCUT2D eigenvalue weighted by atomic mass is 10.4. The first-order chi connectivity index (χ1) is 7.83. The number of amides is 1. The fourth-order valence-electron chi connectivity index (χ4n) is 1.67. The van der Waals surface area contributed by atoms with E-state index in [9.17, 15) is 4.79 Å². The van der Waals surface area contributed by atoms with Crippen LogP contribution in [-0.2, 0) is 4.79 Å². The van der Waals surface area contributed by atoms with E-state index < -0.39 is 0 Å². The predicted molar refractivity (Wildman–Crippen MR) is 69.9 cm³/mol. The molecule has 0 aliphatic carbocycles. The van der Waals surface area contributed by atoms with Crippen LogP contribution in [0, 0.1) is 0 Å². The Hall–Kier alpha value is -0.260.